The average molecular weight is 642 g/mol. The Kier molecular flexibility index (Phi) is 9.94. The third kappa shape index (κ3) is 7.73. The molecule has 3 N–H and O–H groups in total. The zero-order chi connectivity index (χ0) is 31.9. The summed E-state index contributed by atoms with van der Waals surface area (Å²) in [4.78, 5) is 20.7. The molecule has 0 unspecified atom stereocenters. The molecule has 1 aliphatic rings. The minimum atomic E-state index is -3.69. The van der Waals surface area contributed by atoms with Crippen molar-refractivity contribution in [2.75, 3.05) is 44.2 Å². The van der Waals surface area contributed by atoms with Crippen molar-refractivity contribution in [3.8, 4) is 0 Å². The number of pyridine rings is 1. The van der Waals surface area contributed by atoms with Gasteiger partial charge < -0.3 is 19.8 Å². The third-order valence-corrected chi connectivity index (χ3v) is 9.43. The van der Waals surface area contributed by atoms with Crippen LogP contribution in [0, 0.1) is 0 Å². The van der Waals surface area contributed by atoms with Crippen molar-refractivity contribution in [2.45, 2.75) is 31.7 Å². The van der Waals surface area contributed by atoms with E-state index in [0.717, 1.165) is 67.4 Å². The highest BCUT2D eigenvalue weighted by Gasteiger charge is 2.21. The lowest BCUT2D eigenvalue weighted by Crippen LogP contribution is -2.36. The second-order valence-electron chi connectivity index (χ2n) is 11.5. The fourth-order valence-electron chi connectivity index (χ4n) is 5.87. The van der Waals surface area contributed by atoms with Crippen LogP contribution in [0.2, 0.25) is 0 Å². The summed E-state index contributed by atoms with van der Waals surface area (Å²) in [6, 6.07) is 26.1. The summed E-state index contributed by atoms with van der Waals surface area (Å²) in [5, 5.41) is 2.60. The van der Waals surface area contributed by atoms with E-state index in [4.69, 9.17) is 20.2 Å². The molecule has 3 heterocycles. The average Bonchev–Trinajstić information content (AvgIpc) is 3.42. The lowest BCUT2D eigenvalue weighted by atomic mass is 10.0. The second-order valence-corrected chi connectivity index (χ2v) is 13.3. The molecule has 0 spiro atoms. The molecule has 0 radical (unpaired) electrons. The summed E-state index contributed by atoms with van der Waals surface area (Å²) < 4.78 is 42.1. The van der Waals surface area contributed by atoms with E-state index in [1.807, 2.05) is 71.3 Å². The number of anilines is 1. The quantitative estimate of drug-likeness (QED) is 0.137. The topological polar surface area (TPSA) is 129 Å². The summed E-state index contributed by atoms with van der Waals surface area (Å²) in [6.07, 6.45) is 1.69. The highest BCUT2D eigenvalue weighted by Crippen LogP contribution is 2.29. The number of ether oxygens (including phenoxy) is 2. The van der Waals surface area contributed by atoms with Gasteiger partial charge in [0.2, 0.25) is 10.0 Å². The molecule has 0 saturated carbocycles. The summed E-state index contributed by atoms with van der Waals surface area (Å²) in [7, 11) is -3.69. The molecule has 0 aliphatic carbocycles. The van der Waals surface area contributed by atoms with Crippen LogP contribution in [0.4, 0.5) is 5.69 Å². The number of nitrogens with two attached hydrogens (primary N) is 1. The van der Waals surface area contributed by atoms with Gasteiger partial charge in [-0.15, -0.1) is 0 Å². The van der Waals surface area contributed by atoms with Crippen LogP contribution in [0.25, 0.3) is 21.8 Å². The van der Waals surface area contributed by atoms with Crippen LogP contribution in [0.3, 0.4) is 0 Å². The van der Waals surface area contributed by atoms with Crippen LogP contribution < -0.4 is 10.5 Å². The largest absolute Gasteiger partial charge is 0.461 e. The number of morpholine rings is 1. The molecule has 240 valence electrons. The van der Waals surface area contributed by atoms with Gasteiger partial charge in [-0.1, -0.05) is 54.6 Å². The molecule has 2 aromatic heterocycles. The van der Waals surface area contributed by atoms with Crippen molar-refractivity contribution >= 4 is 43.5 Å². The number of hydrogen-bond acceptors (Lipinski definition) is 8. The molecule has 0 bridgehead atoms. The van der Waals surface area contributed by atoms with Crippen LogP contribution in [-0.4, -0.2) is 68.3 Å². The summed E-state index contributed by atoms with van der Waals surface area (Å²) in [5.41, 5.74) is 9.58. The number of fused-ring (bicyclic) bond motifs is 2. The SMILES string of the molecule is NCc1ccc2cc(C(=O)OCCCCN3CCOCC3)n(Cc3cc(NS(=O)(=O)Cc4ccccc4)cc4ccccc34)c2n1. The van der Waals surface area contributed by atoms with Gasteiger partial charge in [0.05, 0.1) is 37.8 Å². The maximum Gasteiger partial charge on any atom is 0.355 e. The minimum Gasteiger partial charge on any atom is -0.461 e. The number of esters is 1. The van der Waals surface area contributed by atoms with E-state index in [-0.39, 0.29) is 18.8 Å². The van der Waals surface area contributed by atoms with Crippen molar-refractivity contribution in [3.63, 3.8) is 0 Å². The van der Waals surface area contributed by atoms with Crippen LogP contribution >= 0.6 is 0 Å². The number of aromatic nitrogens is 2. The maximum absolute atomic E-state index is 13.5. The van der Waals surface area contributed by atoms with Crippen LogP contribution in [0.1, 0.15) is 40.2 Å². The predicted molar refractivity (Wildman–Crippen MR) is 180 cm³/mol. The molecule has 1 saturated heterocycles. The molecule has 3 aromatic carbocycles. The standard InChI is InChI=1S/C35H39N5O5S/c36-23-30-13-12-28-22-33(35(41)45-17-7-6-14-39-15-18-44-19-16-39)40(34(28)37-30)24-29-21-31(20-27-10-4-5-11-32(27)29)38-46(42,43)25-26-8-2-1-3-9-26/h1-5,8-13,20-22,38H,6-7,14-19,23-25,36H2. The lowest BCUT2D eigenvalue weighted by molar-refractivity contribution is 0.0347. The van der Waals surface area contributed by atoms with Crippen LogP contribution in [0.15, 0.2) is 84.9 Å². The van der Waals surface area contributed by atoms with Crippen molar-refractivity contribution in [1.29, 1.82) is 0 Å². The van der Waals surface area contributed by atoms with Gasteiger partial charge in [0.25, 0.3) is 0 Å². The van der Waals surface area contributed by atoms with Gasteiger partial charge in [0.15, 0.2) is 0 Å². The number of hydrogen-bond donors (Lipinski definition) is 2. The highest BCUT2D eigenvalue weighted by atomic mass is 32.2. The molecule has 0 atom stereocenters. The number of nitrogens with zero attached hydrogens (tertiary/aromatic N) is 3. The van der Waals surface area contributed by atoms with Gasteiger partial charge >= 0.3 is 5.97 Å². The molecular weight excluding hydrogens is 602 g/mol. The van der Waals surface area contributed by atoms with E-state index < -0.39 is 16.0 Å². The van der Waals surface area contributed by atoms with Gasteiger partial charge in [0.1, 0.15) is 11.3 Å². The van der Waals surface area contributed by atoms with Crippen LogP contribution in [0.5, 0.6) is 0 Å². The zero-order valence-electron chi connectivity index (χ0n) is 25.7. The smallest absolute Gasteiger partial charge is 0.355 e. The monoisotopic (exact) mass is 641 g/mol. The number of carbonyl (C=O) groups excluding carboxylic acids is 1. The second kappa shape index (κ2) is 14.4. The highest BCUT2D eigenvalue weighted by molar-refractivity contribution is 7.91. The van der Waals surface area contributed by atoms with Crippen molar-refractivity contribution < 1.29 is 22.7 Å². The molecule has 10 nitrogen and oxygen atoms in total. The summed E-state index contributed by atoms with van der Waals surface area (Å²) in [5.74, 6) is -0.574. The van der Waals surface area contributed by atoms with E-state index in [9.17, 15) is 13.2 Å². The van der Waals surface area contributed by atoms with Gasteiger partial charge in [-0.3, -0.25) is 9.62 Å². The first kappa shape index (κ1) is 31.7. The molecular formula is C35H39N5O5S. The number of nitrogens with one attached hydrogen (secondary N) is 1. The Morgan fingerprint density at radius 3 is 2.52 bits per heavy atom. The fraction of sp³-hybridized carbons (Fsp3) is 0.314. The number of benzene rings is 3. The van der Waals surface area contributed by atoms with Gasteiger partial charge in [0, 0.05) is 30.7 Å². The summed E-state index contributed by atoms with van der Waals surface area (Å²) >= 11 is 0. The fourth-order valence-corrected chi connectivity index (χ4v) is 7.05. The molecule has 46 heavy (non-hydrogen) atoms. The van der Waals surface area contributed by atoms with E-state index in [1.165, 1.54) is 0 Å². The lowest BCUT2D eigenvalue weighted by Gasteiger charge is -2.26. The van der Waals surface area contributed by atoms with Crippen molar-refractivity contribution in [3.05, 3.63) is 107 Å². The third-order valence-electron chi connectivity index (χ3n) is 8.17. The Bertz CT molecular complexity index is 1920. The maximum atomic E-state index is 13.5. The first-order chi connectivity index (χ1) is 22.4. The predicted octanol–water partition coefficient (Wildman–Crippen LogP) is 4.91. The molecule has 0 amide bonds. The van der Waals surface area contributed by atoms with Gasteiger partial charge in [-0.25, -0.2) is 18.2 Å². The van der Waals surface area contributed by atoms with Crippen molar-refractivity contribution in [2.24, 2.45) is 5.73 Å². The van der Waals surface area contributed by atoms with E-state index in [2.05, 4.69) is 9.62 Å². The first-order valence-corrected chi connectivity index (χ1v) is 17.3. The van der Waals surface area contributed by atoms with Gasteiger partial charge in [-0.2, -0.15) is 0 Å². The van der Waals surface area contributed by atoms with E-state index in [0.29, 0.717) is 34.9 Å². The summed E-state index contributed by atoms with van der Waals surface area (Å²) in [6.45, 7) is 5.17. The van der Waals surface area contributed by atoms with E-state index >= 15 is 0 Å². The molecule has 1 fully saturated rings. The number of rotatable bonds is 13. The minimum absolute atomic E-state index is 0.146. The molecule has 1 aliphatic heterocycles. The first-order valence-electron chi connectivity index (χ1n) is 15.6. The Balaban J connectivity index is 1.27. The van der Waals surface area contributed by atoms with E-state index in [1.54, 1.807) is 18.2 Å². The molecule has 11 heteroatoms. The molecule has 5 aromatic rings. The number of unbranched alkanes of at least 4 members (excludes halogenated alkanes) is 1. The number of carbonyl (C=O) groups is 1. The Hall–Kier alpha value is -4.29. The van der Waals surface area contributed by atoms with Crippen LogP contribution in [-0.2, 0) is 38.3 Å². The number of sulfonamides is 1. The Morgan fingerprint density at radius 2 is 1.72 bits per heavy atom. The normalized spacial score (nSPS) is 14.1. The Labute approximate surface area is 269 Å². The zero-order valence-corrected chi connectivity index (χ0v) is 26.5. The Morgan fingerprint density at radius 1 is 0.935 bits per heavy atom. The van der Waals surface area contributed by atoms with Gasteiger partial charge in [-0.05, 0) is 71.6 Å². The molecule has 6 rings (SSSR count). The van der Waals surface area contributed by atoms with Crippen molar-refractivity contribution in [1.82, 2.24) is 14.5 Å².